The van der Waals surface area contributed by atoms with E-state index in [0.29, 0.717) is 45.9 Å². The first-order valence-electron chi connectivity index (χ1n) is 10.4. The van der Waals surface area contributed by atoms with Gasteiger partial charge in [0, 0.05) is 58.5 Å². The highest BCUT2D eigenvalue weighted by Gasteiger charge is 2.55. The van der Waals surface area contributed by atoms with Crippen LogP contribution >= 0.6 is 0 Å². The van der Waals surface area contributed by atoms with E-state index in [9.17, 15) is 9.59 Å². The molecule has 4 heterocycles. The fourth-order valence-corrected chi connectivity index (χ4v) is 5.02. The summed E-state index contributed by atoms with van der Waals surface area (Å²) >= 11 is 0. The van der Waals surface area contributed by atoms with Crippen LogP contribution < -0.4 is 4.90 Å². The van der Waals surface area contributed by atoms with Crippen LogP contribution in [-0.2, 0) is 19.1 Å². The molecule has 158 valence electrons. The molecule has 3 aliphatic rings. The molecule has 0 spiro atoms. The smallest absolute Gasteiger partial charge is 0.248 e. The van der Waals surface area contributed by atoms with Crippen LogP contribution in [0.2, 0.25) is 0 Å². The van der Waals surface area contributed by atoms with Gasteiger partial charge in [-0.25, -0.2) is 4.98 Å². The zero-order valence-electron chi connectivity index (χ0n) is 17.1. The molecule has 2 atom stereocenters. The maximum Gasteiger partial charge on any atom is 0.248 e. The average Bonchev–Trinajstić information content (AvgIpc) is 3.03. The van der Waals surface area contributed by atoms with E-state index < -0.39 is 5.41 Å². The van der Waals surface area contributed by atoms with E-state index >= 15 is 0 Å². The van der Waals surface area contributed by atoms with E-state index in [1.165, 1.54) is 0 Å². The molecule has 2 amide bonds. The number of aromatic nitrogens is 1. The topological polar surface area (TPSA) is 75.2 Å². The van der Waals surface area contributed by atoms with Crippen LogP contribution in [0.4, 0.5) is 5.82 Å². The minimum absolute atomic E-state index is 0.00147. The molecular formula is C21H30N4O4. The van der Waals surface area contributed by atoms with Crippen molar-refractivity contribution in [2.45, 2.75) is 12.8 Å². The van der Waals surface area contributed by atoms with Crippen molar-refractivity contribution >= 4 is 17.6 Å². The Kier molecular flexibility index (Phi) is 6.01. The third-order valence-corrected chi connectivity index (χ3v) is 6.50. The molecule has 1 aromatic heterocycles. The molecule has 8 nitrogen and oxygen atoms in total. The molecule has 8 heteroatoms. The van der Waals surface area contributed by atoms with Crippen molar-refractivity contribution < 1.29 is 19.1 Å². The number of carbonyl (C=O) groups is 2. The van der Waals surface area contributed by atoms with Crippen LogP contribution in [0.1, 0.15) is 12.8 Å². The molecule has 3 fully saturated rings. The second-order valence-corrected chi connectivity index (χ2v) is 8.20. The molecular weight excluding hydrogens is 372 g/mol. The molecule has 4 rings (SSSR count). The summed E-state index contributed by atoms with van der Waals surface area (Å²) < 4.78 is 10.5. The molecule has 0 saturated carbocycles. The van der Waals surface area contributed by atoms with Gasteiger partial charge in [0.1, 0.15) is 12.4 Å². The summed E-state index contributed by atoms with van der Waals surface area (Å²) in [5.41, 5.74) is -0.489. The van der Waals surface area contributed by atoms with Crippen LogP contribution in [0.3, 0.4) is 0 Å². The highest BCUT2D eigenvalue weighted by Crippen LogP contribution is 2.45. The Bertz CT molecular complexity index is 725. The Morgan fingerprint density at radius 3 is 2.76 bits per heavy atom. The Labute approximate surface area is 171 Å². The lowest BCUT2D eigenvalue weighted by atomic mass is 9.73. The molecule has 0 bridgehead atoms. The van der Waals surface area contributed by atoms with Crippen LogP contribution in [0.5, 0.6) is 0 Å². The first kappa shape index (κ1) is 20.1. The van der Waals surface area contributed by atoms with E-state index in [1.54, 1.807) is 13.3 Å². The molecule has 0 aliphatic carbocycles. The van der Waals surface area contributed by atoms with Gasteiger partial charge >= 0.3 is 0 Å². The number of anilines is 1. The van der Waals surface area contributed by atoms with Crippen molar-refractivity contribution in [1.29, 1.82) is 0 Å². The van der Waals surface area contributed by atoms with E-state index in [-0.39, 0.29) is 24.3 Å². The van der Waals surface area contributed by atoms with E-state index in [4.69, 9.17) is 9.47 Å². The largest absolute Gasteiger partial charge is 0.378 e. The van der Waals surface area contributed by atoms with Crippen molar-refractivity contribution in [3.8, 4) is 0 Å². The van der Waals surface area contributed by atoms with Gasteiger partial charge in [0.15, 0.2) is 0 Å². The molecule has 0 unspecified atom stereocenters. The van der Waals surface area contributed by atoms with Crippen molar-refractivity contribution in [1.82, 2.24) is 14.8 Å². The van der Waals surface area contributed by atoms with Crippen LogP contribution in [0.25, 0.3) is 0 Å². The number of hydrogen-bond donors (Lipinski definition) is 0. The minimum atomic E-state index is -0.489. The summed E-state index contributed by atoms with van der Waals surface area (Å²) in [6, 6.07) is 5.87. The molecule has 0 radical (unpaired) electrons. The molecule has 3 saturated heterocycles. The number of rotatable bonds is 4. The number of morpholine rings is 1. The fourth-order valence-electron chi connectivity index (χ4n) is 5.02. The SMILES string of the molecule is COCC(=O)N1CCC[C@]2(C(=O)N3CCOCC3)CN(c3ccccn3)C[C@@H]2C1. The molecule has 0 aromatic carbocycles. The zero-order valence-corrected chi connectivity index (χ0v) is 17.1. The monoisotopic (exact) mass is 402 g/mol. The highest BCUT2D eigenvalue weighted by molar-refractivity contribution is 5.85. The highest BCUT2D eigenvalue weighted by atomic mass is 16.5. The van der Waals surface area contributed by atoms with Gasteiger partial charge in [-0.3, -0.25) is 9.59 Å². The van der Waals surface area contributed by atoms with Gasteiger partial charge in [-0.1, -0.05) is 6.07 Å². The normalized spacial score (nSPS) is 27.5. The van der Waals surface area contributed by atoms with Gasteiger partial charge in [-0.2, -0.15) is 0 Å². The van der Waals surface area contributed by atoms with Crippen molar-refractivity contribution in [3.63, 3.8) is 0 Å². The molecule has 3 aliphatic heterocycles. The van der Waals surface area contributed by atoms with Gasteiger partial charge in [-0.15, -0.1) is 0 Å². The van der Waals surface area contributed by atoms with E-state index in [2.05, 4.69) is 9.88 Å². The zero-order chi connectivity index (χ0) is 20.3. The number of nitrogens with zero attached hydrogens (tertiary/aromatic N) is 4. The Morgan fingerprint density at radius 2 is 2.03 bits per heavy atom. The number of amides is 2. The Balaban J connectivity index is 1.62. The van der Waals surface area contributed by atoms with Crippen molar-refractivity contribution in [3.05, 3.63) is 24.4 Å². The summed E-state index contributed by atoms with van der Waals surface area (Å²) in [5, 5.41) is 0. The third kappa shape index (κ3) is 3.96. The van der Waals surface area contributed by atoms with Crippen molar-refractivity contribution in [2.24, 2.45) is 11.3 Å². The number of hydrogen-bond acceptors (Lipinski definition) is 6. The van der Waals surface area contributed by atoms with Gasteiger partial charge < -0.3 is 24.2 Å². The maximum atomic E-state index is 13.8. The van der Waals surface area contributed by atoms with E-state index in [0.717, 1.165) is 25.2 Å². The second kappa shape index (κ2) is 8.67. The quantitative estimate of drug-likeness (QED) is 0.736. The van der Waals surface area contributed by atoms with Crippen LogP contribution in [0.15, 0.2) is 24.4 Å². The average molecular weight is 402 g/mol. The number of methoxy groups -OCH3 is 1. The summed E-state index contributed by atoms with van der Waals surface area (Å²) in [4.78, 5) is 36.9. The number of fused-ring (bicyclic) bond motifs is 1. The van der Waals surface area contributed by atoms with Gasteiger partial charge in [0.05, 0.1) is 18.6 Å². The van der Waals surface area contributed by atoms with Gasteiger partial charge in [0.25, 0.3) is 0 Å². The maximum absolute atomic E-state index is 13.8. The third-order valence-electron chi connectivity index (χ3n) is 6.50. The van der Waals surface area contributed by atoms with Crippen LogP contribution in [-0.4, -0.2) is 92.8 Å². The summed E-state index contributed by atoms with van der Waals surface area (Å²) in [7, 11) is 1.54. The predicted molar refractivity (Wildman–Crippen MR) is 107 cm³/mol. The number of pyridine rings is 1. The Hall–Kier alpha value is -2.19. The number of ether oxygens (including phenoxy) is 2. The summed E-state index contributed by atoms with van der Waals surface area (Å²) in [6.07, 6.45) is 3.39. The van der Waals surface area contributed by atoms with Gasteiger partial charge in [0.2, 0.25) is 11.8 Å². The summed E-state index contributed by atoms with van der Waals surface area (Å²) in [6.45, 7) is 5.19. The molecule has 0 N–H and O–H groups in total. The second-order valence-electron chi connectivity index (χ2n) is 8.20. The summed E-state index contributed by atoms with van der Waals surface area (Å²) in [5.74, 6) is 1.18. The van der Waals surface area contributed by atoms with Crippen molar-refractivity contribution in [2.75, 3.05) is 71.1 Å². The number of carbonyl (C=O) groups excluding carboxylic acids is 2. The first-order chi connectivity index (χ1) is 14.1. The van der Waals surface area contributed by atoms with E-state index in [1.807, 2.05) is 28.0 Å². The van der Waals surface area contributed by atoms with Crippen LogP contribution in [0, 0.1) is 11.3 Å². The Morgan fingerprint density at radius 1 is 1.21 bits per heavy atom. The lowest BCUT2D eigenvalue weighted by Crippen LogP contribution is -2.53. The standard InChI is InChI=1S/C21H30N4O4/c1-28-15-19(26)24-8-4-6-21(20(27)23-9-11-29-12-10-23)16-25(14-17(21)13-24)18-5-2-3-7-22-18/h2-3,5,7,17H,4,6,8-16H2,1H3/t17-,21-/m0/s1. The molecule has 29 heavy (non-hydrogen) atoms. The minimum Gasteiger partial charge on any atom is -0.378 e. The molecule has 1 aromatic rings. The number of likely N-dealkylation sites (tertiary alicyclic amines) is 1. The fraction of sp³-hybridized carbons (Fsp3) is 0.667. The first-order valence-corrected chi connectivity index (χ1v) is 10.4. The predicted octanol–water partition coefficient (Wildman–Crippen LogP) is 0.632. The lowest BCUT2D eigenvalue weighted by Gasteiger charge is -2.38. The van der Waals surface area contributed by atoms with Gasteiger partial charge in [-0.05, 0) is 25.0 Å². The lowest BCUT2D eigenvalue weighted by molar-refractivity contribution is -0.148.